The fourth-order valence-corrected chi connectivity index (χ4v) is 7.51. The topological polar surface area (TPSA) is 129 Å². The SMILES string of the molecule is COc1ccc2nc(N(/N=C/c3cc(OC)c(OC)c(OC)c3)C(=O)c3ccc(S(=O)(=O)N4CC(C)OC(C)C4)cc3)sc2c1. The van der Waals surface area contributed by atoms with Crippen molar-refractivity contribution < 1.29 is 36.9 Å². The van der Waals surface area contributed by atoms with Crippen molar-refractivity contribution in [2.75, 3.05) is 46.5 Å². The summed E-state index contributed by atoms with van der Waals surface area (Å²) >= 11 is 1.26. The first-order valence-corrected chi connectivity index (χ1v) is 16.2. The monoisotopic (exact) mass is 654 g/mol. The minimum absolute atomic E-state index is 0.0832. The van der Waals surface area contributed by atoms with Crippen molar-refractivity contribution in [3.8, 4) is 23.0 Å². The second-order valence-electron chi connectivity index (χ2n) is 10.3. The summed E-state index contributed by atoms with van der Waals surface area (Å²) in [7, 11) is 2.31. The molecule has 45 heavy (non-hydrogen) atoms. The molecular formula is C31H34N4O8S2. The maximum Gasteiger partial charge on any atom is 0.280 e. The van der Waals surface area contributed by atoms with Crippen LogP contribution < -0.4 is 24.0 Å². The summed E-state index contributed by atoms with van der Waals surface area (Å²) in [5.74, 6) is 1.40. The number of amides is 1. The number of aromatic nitrogens is 1. The summed E-state index contributed by atoms with van der Waals surface area (Å²) in [4.78, 5) is 18.7. The molecule has 1 aliphatic heterocycles. The van der Waals surface area contributed by atoms with E-state index in [1.165, 1.54) is 72.5 Å². The molecule has 1 fully saturated rings. The Kier molecular flexibility index (Phi) is 9.58. The van der Waals surface area contributed by atoms with Crippen LogP contribution in [0, 0.1) is 0 Å². The average molecular weight is 655 g/mol. The number of carbonyl (C=O) groups is 1. The number of rotatable bonds is 10. The molecule has 0 saturated carbocycles. The summed E-state index contributed by atoms with van der Waals surface area (Å²) in [6.07, 6.45) is 1.03. The molecule has 3 aromatic carbocycles. The number of morpholine rings is 1. The molecule has 2 unspecified atom stereocenters. The molecule has 0 radical (unpaired) electrons. The van der Waals surface area contributed by atoms with Gasteiger partial charge in [0.1, 0.15) is 5.75 Å². The van der Waals surface area contributed by atoms with E-state index in [2.05, 4.69) is 10.1 Å². The molecule has 238 valence electrons. The number of thiazole rings is 1. The highest BCUT2D eigenvalue weighted by Crippen LogP contribution is 2.38. The van der Waals surface area contributed by atoms with Crippen molar-refractivity contribution in [3.63, 3.8) is 0 Å². The van der Waals surface area contributed by atoms with Crippen LogP contribution in [0.15, 0.2) is 64.6 Å². The molecular weight excluding hydrogens is 620 g/mol. The maximum atomic E-state index is 14.0. The Hall–Kier alpha value is -4.24. The third-order valence-electron chi connectivity index (χ3n) is 7.09. The minimum Gasteiger partial charge on any atom is -0.497 e. The van der Waals surface area contributed by atoms with Crippen LogP contribution in [0.2, 0.25) is 0 Å². The number of sulfonamides is 1. The van der Waals surface area contributed by atoms with Gasteiger partial charge in [0.2, 0.25) is 20.9 Å². The van der Waals surface area contributed by atoms with Crippen LogP contribution in [0.3, 0.4) is 0 Å². The van der Waals surface area contributed by atoms with E-state index in [1.807, 2.05) is 19.9 Å². The molecule has 2 atom stereocenters. The summed E-state index contributed by atoms with van der Waals surface area (Å²) < 4.78 is 56.3. The van der Waals surface area contributed by atoms with Crippen LogP contribution in [0.4, 0.5) is 5.13 Å². The van der Waals surface area contributed by atoms with Gasteiger partial charge in [-0.15, -0.1) is 0 Å². The van der Waals surface area contributed by atoms with Gasteiger partial charge in [0, 0.05) is 24.2 Å². The number of hydrazone groups is 1. The average Bonchev–Trinajstić information content (AvgIpc) is 3.46. The number of fused-ring (bicyclic) bond motifs is 1. The smallest absolute Gasteiger partial charge is 0.280 e. The molecule has 0 N–H and O–H groups in total. The molecule has 0 aliphatic carbocycles. The van der Waals surface area contributed by atoms with E-state index in [9.17, 15) is 13.2 Å². The van der Waals surface area contributed by atoms with Gasteiger partial charge in [-0.25, -0.2) is 13.4 Å². The highest BCUT2D eigenvalue weighted by Gasteiger charge is 2.32. The zero-order chi connectivity index (χ0) is 32.3. The van der Waals surface area contributed by atoms with Crippen molar-refractivity contribution in [1.82, 2.24) is 9.29 Å². The number of hydrogen-bond donors (Lipinski definition) is 0. The maximum absolute atomic E-state index is 14.0. The van der Waals surface area contributed by atoms with Crippen molar-refractivity contribution >= 4 is 48.8 Å². The van der Waals surface area contributed by atoms with Gasteiger partial charge >= 0.3 is 0 Å². The van der Waals surface area contributed by atoms with Gasteiger partial charge in [0.15, 0.2) is 11.5 Å². The van der Waals surface area contributed by atoms with Gasteiger partial charge < -0.3 is 23.7 Å². The summed E-state index contributed by atoms with van der Waals surface area (Å²) in [6, 6.07) is 14.6. The largest absolute Gasteiger partial charge is 0.497 e. The summed E-state index contributed by atoms with van der Waals surface area (Å²) in [6.45, 7) is 4.18. The molecule has 2 heterocycles. The van der Waals surface area contributed by atoms with E-state index in [0.717, 1.165) is 4.70 Å². The van der Waals surface area contributed by atoms with Crippen LogP contribution in [-0.2, 0) is 14.8 Å². The number of ether oxygens (including phenoxy) is 5. The van der Waals surface area contributed by atoms with Crippen LogP contribution in [-0.4, -0.2) is 83.6 Å². The van der Waals surface area contributed by atoms with Crippen molar-refractivity contribution in [1.29, 1.82) is 0 Å². The lowest BCUT2D eigenvalue weighted by molar-refractivity contribution is -0.0440. The number of methoxy groups -OCH3 is 4. The van der Waals surface area contributed by atoms with Gasteiger partial charge in [0.25, 0.3) is 5.91 Å². The Balaban J connectivity index is 1.51. The van der Waals surface area contributed by atoms with Gasteiger partial charge in [-0.05, 0) is 68.4 Å². The Morgan fingerprint density at radius 3 is 2.18 bits per heavy atom. The van der Waals surface area contributed by atoms with E-state index >= 15 is 0 Å². The van der Waals surface area contributed by atoms with Crippen LogP contribution >= 0.6 is 11.3 Å². The van der Waals surface area contributed by atoms with E-state index in [-0.39, 0.29) is 35.8 Å². The molecule has 12 nitrogen and oxygen atoms in total. The van der Waals surface area contributed by atoms with Crippen molar-refractivity contribution in [2.45, 2.75) is 31.0 Å². The van der Waals surface area contributed by atoms with E-state index in [1.54, 1.807) is 31.4 Å². The fourth-order valence-electron chi connectivity index (χ4n) is 4.97. The molecule has 1 aliphatic rings. The first-order valence-electron chi connectivity index (χ1n) is 14.0. The Morgan fingerprint density at radius 2 is 1.60 bits per heavy atom. The molecule has 1 aromatic heterocycles. The lowest BCUT2D eigenvalue weighted by atomic mass is 10.2. The molecule has 5 rings (SSSR count). The fraction of sp³-hybridized carbons (Fsp3) is 0.323. The predicted octanol–water partition coefficient (Wildman–Crippen LogP) is 4.81. The van der Waals surface area contributed by atoms with Gasteiger partial charge in [-0.1, -0.05) is 11.3 Å². The molecule has 0 spiro atoms. The zero-order valence-corrected chi connectivity index (χ0v) is 27.3. The molecule has 4 aromatic rings. The van der Waals surface area contributed by atoms with Crippen LogP contribution in [0.1, 0.15) is 29.8 Å². The second kappa shape index (κ2) is 13.4. The minimum atomic E-state index is -3.79. The molecule has 1 amide bonds. The van der Waals surface area contributed by atoms with Crippen molar-refractivity contribution in [3.05, 3.63) is 65.7 Å². The highest BCUT2D eigenvalue weighted by molar-refractivity contribution is 7.89. The van der Waals surface area contributed by atoms with Crippen LogP contribution in [0.25, 0.3) is 10.2 Å². The van der Waals surface area contributed by atoms with Crippen molar-refractivity contribution in [2.24, 2.45) is 5.10 Å². The van der Waals surface area contributed by atoms with E-state index < -0.39 is 15.9 Å². The standard InChI is InChI=1S/C31H34N4O8S2/c1-19-17-34(18-20(2)43-19)45(37,38)24-10-7-22(8-11-24)30(36)35(31-33-25-12-9-23(39-3)15-28(25)44-31)32-16-21-13-26(40-4)29(42-6)27(14-21)41-5/h7-16,19-20H,17-18H2,1-6H3/b32-16+. The number of carbonyl (C=O) groups excluding carboxylic acids is 1. The lowest BCUT2D eigenvalue weighted by Gasteiger charge is -2.34. The summed E-state index contributed by atoms with van der Waals surface area (Å²) in [5, 5.41) is 6.01. The number of benzene rings is 3. The van der Waals surface area contributed by atoms with Gasteiger partial charge in [-0.2, -0.15) is 14.4 Å². The Morgan fingerprint density at radius 1 is 0.956 bits per heavy atom. The normalized spacial score (nSPS) is 17.4. The molecule has 0 bridgehead atoms. The van der Waals surface area contributed by atoms with Gasteiger partial charge in [0.05, 0.1) is 62.0 Å². The molecule has 1 saturated heterocycles. The number of nitrogens with zero attached hydrogens (tertiary/aromatic N) is 4. The second-order valence-corrected chi connectivity index (χ2v) is 13.2. The lowest BCUT2D eigenvalue weighted by Crippen LogP contribution is -2.48. The Labute approximate surface area is 265 Å². The first kappa shape index (κ1) is 32.2. The quantitative estimate of drug-likeness (QED) is 0.175. The zero-order valence-electron chi connectivity index (χ0n) is 25.7. The third kappa shape index (κ3) is 6.73. The highest BCUT2D eigenvalue weighted by atomic mass is 32.2. The summed E-state index contributed by atoms with van der Waals surface area (Å²) in [5.41, 5.74) is 1.45. The Bertz CT molecular complexity index is 1790. The van der Waals surface area contributed by atoms with E-state index in [0.29, 0.717) is 39.2 Å². The molecule has 14 heteroatoms. The first-order chi connectivity index (χ1) is 21.6. The van der Waals surface area contributed by atoms with E-state index in [4.69, 9.17) is 23.7 Å². The third-order valence-corrected chi connectivity index (χ3v) is 9.93. The number of hydrogen-bond acceptors (Lipinski definition) is 11. The number of anilines is 1. The predicted molar refractivity (Wildman–Crippen MR) is 172 cm³/mol. The van der Waals surface area contributed by atoms with Crippen LogP contribution in [0.5, 0.6) is 23.0 Å². The van der Waals surface area contributed by atoms with Gasteiger partial charge in [-0.3, -0.25) is 4.79 Å².